The van der Waals surface area contributed by atoms with Crippen molar-refractivity contribution in [2.24, 2.45) is 0 Å². The van der Waals surface area contributed by atoms with Gasteiger partial charge in [0, 0.05) is 6.42 Å². The second-order valence-electron chi connectivity index (χ2n) is 32.1. The molecule has 622 valence electrons. The van der Waals surface area contributed by atoms with Gasteiger partial charge in [0.05, 0.1) is 38.6 Å². The number of amides is 1. The van der Waals surface area contributed by atoms with Gasteiger partial charge >= 0.3 is 0 Å². The highest BCUT2D eigenvalue weighted by atomic mass is 16.8. The number of rotatable bonds is 73. The van der Waals surface area contributed by atoms with Gasteiger partial charge in [0.15, 0.2) is 18.9 Å². The summed E-state index contributed by atoms with van der Waals surface area (Å²) >= 11 is 0. The predicted molar refractivity (Wildman–Crippen MR) is 420 cm³/mol. The molecule has 12 N–H and O–H groups in total. The van der Waals surface area contributed by atoms with E-state index in [-0.39, 0.29) is 18.9 Å². The van der Waals surface area contributed by atoms with Crippen LogP contribution >= 0.6 is 0 Å². The van der Waals surface area contributed by atoms with Gasteiger partial charge in [0.1, 0.15) is 73.2 Å². The standard InChI is InChI=1S/C86H165NO18/c1-3-5-7-9-11-13-15-17-19-21-23-25-27-29-31-32-33-34-35-36-38-39-41-43-45-47-49-51-53-55-57-59-61-63-70(91)69(87-74(92)64-62-60-58-56-54-52-50-48-46-44-42-40-37-30-28-26-24-22-20-18-16-14-12-10-8-6-4-2)68-100-84-80(98)77(95)82(72(66-89)102-84)105-86-81(99)78(96)83(73(67-90)103-86)104-85-79(97)76(94)75(93)71(65-88)101-85/h61,63,69-73,75-86,88-91,93-99H,3-60,62,64-68H2,1-2H3,(H,87,92)/b63-61+. The molecule has 3 heterocycles. The summed E-state index contributed by atoms with van der Waals surface area (Å²) in [4.78, 5) is 13.5. The average molecular weight is 1500 g/mol. The molecule has 0 aliphatic carbocycles. The zero-order chi connectivity index (χ0) is 76.0. The second kappa shape index (κ2) is 67.1. The smallest absolute Gasteiger partial charge is 0.220 e. The second-order valence-corrected chi connectivity index (χ2v) is 32.1. The van der Waals surface area contributed by atoms with Crippen LogP contribution < -0.4 is 5.32 Å². The SMILES string of the molecule is CCCCCCCCCCCCCCCCCCCCCCCCCCCCCCCCC/C=C/C(O)C(COC1OC(CO)C(OC2OC(CO)C(OC3OC(CO)C(O)C(O)C3O)C(O)C2O)C(O)C1O)NC(=O)CCCCCCCCCCCCCCCCCCCCCCCCCCCCC. The molecule has 3 aliphatic heterocycles. The molecule has 0 radical (unpaired) electrons. The number of carbonyl (C=O) groups is 1. The van der Waals surface area contributed by atoms with Gasteiger partial charge in [-0.3, -0.25) is 4.79 Å². The van der Waals surface area contributed by atoms with Crippen LogP contribution in [0.15, 0.2) is 12.2 Å². The lowest BCUT2D eigenvalue weighted by Gasteiger charge is -2.48. The summed E-state index contributed by atoms with van der Waals surface area (Å²) < 4.78 is 34.5. The number of nitrogens with one attached hydrogen (secondary N) is 1. The molecule has 0 aromatic heterocycles. The van der Waals surface area contributed by atoms with E-state index in [0.29, 0.717) is 6.42 Å². The van der Waals surface area contributed by atoms with E-state index in [1.54, 1.807) is 6.08 Å². The minimum Gasteiger partial charge on any atom is -0.394 e. The molecule has 17 atom stereocenters. The third-order valence-corrected chi connectivity index (χ3v) is 22.6. The van der Waals surface area contributed by atoms with E-state index in [1.165, 1.54) is 327 Å². The van der Waals surface area contributed by atoms with Gasteiger partial charge in [-0.25, -0.2) is 0 Å². The lowest BCUT2D eigenvalue weighted by Crippen LogP contribution is -2.66. The van der Waals surface area contributed by atoms with E-state index < -0.39 is 124 Å². The summed E-state index contributed by atoms with van der Waals surface area (Å²) in [5, 5.41) is 121. The molecule has 19 heteroatoms. The quantitative estimate of drug-likeness (QED) is 0.0199. The number of allylic oxidation sites excluding steroid dienone is 1. The number of aliphatic hydroxyl groups excluding tert-OH is 11. The van der Waals surface area contributed by atoms with E-state index in [4.69, 9.17) is 28.4 Å². The van der Waals surface area contributed by atoms with Gasteiger partial charge in [-0.15, -0.1) is 0 Å². The largest absolute Gasteiger partial charge is 0.394 e. The first-order chi connectivity index (χ1) is 51.3. The first-order valence-corrected chi connectivity index (χ1v) is 44.4. The minimum absolute atomic E-state index is 0.250. The van der Waals surface area contributed by atoms with Gasteiger partial charge in [-0.1, -0.05) is 386 Å². The Labute approximate surface area is 639 Å². The zero-order valence-electron chi connectivity index (χ0n) is 67.0. The Morgan fingerprint density at radius 1 is 0.333 bits per heavy atom. The van der Waals surface area contributed by atoms with Gasteiger partial charge < -0.3 is 89.9 Å². The summed E-state index contributed by atoms with van der Waals surface area (Å²) in [7, 11) is 0. The molecular formula is C86H165NO18. The van der Waals surface area contributed by atoms with E-state index in [0.717, 1.165) is 44.9 Å². The van der Waals surface area contributed by atoms with Crippen molar-refractivity contribution < 1.29 is 89.4 Å². The first-order valence-electron chi connectivity index (χ1n) is 44.4. The summed E-state index contributed by atoms with van der Waals surface area (Å²) in [5.74, 6) is -0.265. The third kappa shape index (κ3) is 46.3. The molecule has 3 saturated heterocycles. The summed E-state index contributed by atoms with van der Waals surface area (Å²) in [6.07, 6.45) is 55.1. The van der Waals surface area contributed by atoms with Crippen LogP contribution in [0.3, 0.4) is 0 Å². The number of carbonyl (C=O) groups excluding carboxylic acids is 1. The van der Waals surface area contributed by atoms with E-state index in [1.807, 2.05) is 6.08 Å². The van der Waals surface area contributed by atoms with Crippen molar-refractivity contribution in [3.63, 3.8) is 0 Å². The van der Waals surface area contributed by atoms with Crippen LogP contribution in [0.25, 0.3) is 0 Å². The van der Waals surface area contributed by atoms with Crippen molar-refractivity contribution in [1.82, 2.24) is 5.32 Å². The monoisotopic (exact) mass is 1500 g/mol. The summed E-state index contributed by atoms with van der Waals surface area (Å²) in [6.45, 7) is 1.82. The normalized spacial score (nSPS) is 25.7. The van der Waals surface area contributed by atoms with Crippen LogP contribution in [-0.4, -0.2) is 193 Å². The number of unbranched alkanes of at least 4 members (excludes halogenated alkanes) is 57. The van der Waals surface area contributed by atoms with Crippen molar-refractivity contribution in [2.75, 3.05) is 26.4 Å². The number of ether oxygens (including phenoxy) is 6. The Morgan fingerprint density at radius 3 is 0.895 bits per heavy atom. The van der Waals surface area contributed by atoms with Crippen LogP contribution in [0.1, 0.15) is 399 Å². The van der Waals surface area contributed by atoms with Gasteiger partial charge in [0.25, 0.3) is 0 Å². The van der Waals surface area contributed by atoms with Crippen molar-refractivity contribution in [2.45, 2.75) is 503 Å². The molecule has 17 unspecified atom stereocenters. The van der Waals surface area contributed by atoms with Gasteiger partial charge in [0.2, 0.25) is 5.91 Å². The highest BCUT2D eigenvalue weighted by molar-refractivity contribution is 5.76. The fourth-order valence-electron chi connectivity index (χ4n) is 15.5. The van der Waals surface area contributed by atoms with Crippen LogP contribution in [-0.2, 0) is 33.2 Å². The fraction of sp³-hybridized carbons (Fsp3) is 0.965. The number of aliphatic hydroxyl groups is 11. The van der Waals surface area contributed by atoms with Gasteiger partial charge in [-0.05, 0) is 19.3 Å². The molecule has 19 nitrogen and oxygen atoms in total. The molecule has 3 aliphatic rings. The maximum Gasteiger partial charge on any atom is 0.220 e. The Morgan fingerprint density at radius 2 is 0.590 bits per heavy atom. The molecule has 3 fully saturated rings. The predicted octanol–water partition coefficient (Wildman–Crippen LogP) is 16.3. The van der Waals surface area contributed by atoms with E-state index >= 15 is 0 Å². The van der Waals surface area contributed by atoms with Crippen molar-refractivity contribution in [3.8, 4) is 0 Å². The number of hydrogen-bond acceptors (Lipinski definition) is 18. The highest BCUT2D eigenvalue weighted by Gasteiger charge is 2.54. The highest BCUT2D eigenvalue weighted by Crippen LogP contribution is 2.34. The minimum atomic E-state index is -1.98. The molecule has 0 saturated carbocycles. The fourth-order valence-corrected chi connectivity index (χ4v) is 15.5. The Hall–Kier alpha value is -1.47. The van der Waals surface area contributed by atoms with Crippen LogP contribution in [0, 0.1) is 0 Å². The maximum absolute atomic E-state index is 13.5. The molecule has 0 spiro atoms. The molecule has 0 aromatic carbocycles. The van der Waals surface area contributed by atoms with Crippen LogP contribution in [0.4, 0.5) is 0 Å². The lowest BCUT2D eigenvalue weighted by atomic mass is 9.96. The van der Waals surface area contributed by atoms with Crippen LogP contribution in [0.5, 0.6) is 0 Å². The zero-order valence-corrected chi connectivity index (χ0v) is 67.0. The lowest BCUT2D eigenvalue weighted by molar-refractivity contribution is -0.379. The molecular weight excluding hydrogens is 1330 g/mol. The third-order valence-electron chi connectivity index (χ3n) is 22.6. The van der Waals surface area contributed by atoms with Gasteiger partial charge in [-0.2, -0.15) is 0 Å². The Kier molecular flexibility index (Phi) is 62.4. The summed E-state index contributed by atoms with van der Waals surface area (Å²) in [6, 6.07) is -0.971. The molecule has 1 amide bonds. The van der Waals surface area contributed by atoms with E-state index in [2.05, 4.69) is 19.2 Å². The molecule has 0 aromatic rings. The molecule has 105 heavy (non-hydrogen) atoms. The van der Waals surface area contributed by atoms with E-state index in [9.17, 15) is 61.0 Å². The first kappa shape index (κ1) is 97.7. The van der Waals surface area contributed by atoms with Crippen LogP contribution in [0.2, 0.25) is 0 Å². The van der Waals surface area contributed by atoms with Crippen molar-refractivity contribution in [3.05, 3.63) is 12.2 Å². The molecule has 3 rings (SSSR count). The maximum atomic E-state index is 13.5. The topological polar surface area (TPSA) is 307 Å². The Balaban J connectivity index is 1.34. The Bertz CT molecular complexity index is 1940. The average Bonchev–Trinajstić information content (AvgIpc) is 0.775. The summed E-state index contributed by atoms with van der Waals surface area (Å²) in [5.41, 5.74) is 0. The van der Waals surface area contributed by atoms with Crippen molar-refractivity contribution in [1.29, 1.82) is 0 Å². The van der Waals surface area contributed by atoms with Crippen molar-refractivity contribution >= 4 is 5.91 Å². The number of hydrogen-bond donors (Lipinski definition) is 12. The molecule has 0 bridgehead atoms.